The highest BCUT2D eigenvalue weighted by Gasteiger charge is 2.84. The van der Waals surface area contributed by atoms with E-state index in [0.29, 0.717) is 23.5 Å². The van der Waals surface area contributed by atoms with Gasteiger partial charge in [0.05, 0.1) is 5.60 Å². The van der Waals surface area contributed by atoms with Gasteiger partial charge in [-0.3, -0.25) is 9.59 Å². The smallest absolute Gasteiger partial charge is 0.205 e. The third-order valence-electron chi connectivity index (χ3n) is 9.49. The fourth-order valence-corrected chi connectivity index (χ4v) is 7.37. The van der Waals surface area contributed by atoms with E-state index in [4.69, 9.17) is 18.9 Å². The van der Waals surface area contributed by atoms with Gasteiger partial charge in [0.2, 0.25) is 5.78 Å². The van der Waals surface area contributed by atoms with Crippen LogP contribution in [0.1, 0.15) is 77.2 Å². The molecule has 1 saturated carbocycles. The van der Waals surface area contributed by atoms with Crippen LogP contribution >= 0.6 is 0 Å². The number of phenolic OH excluding ortho intramolecular Hbond substituents is 1. The summed E-state index contributed by atoms with van der Waals surface area (Å²) < 4.78 is 25.8. The van der Waals surface area contributed by atoms with E-state index in [-0.39, 0.29) is 41.3 Å². The first-order chi connectivity index (χ1) is 16.7. The fourth-order valence-electron chi connectivity index (χ4n) is 7.37. The average Bonchev–Trinajstić information content (AvgIpc) is 3.10. The molecule has 1 saturated heterocycles. The zero-order chi connectivity index (χ0) is 26.2. The Morgan fingerprint density at radius 3 is 2.56 bits per heavy atom. The molecule has 1 aromatic rings. The van der Waals surface area contributed by atoms with Crippen molar-refractivity contribution in [1.29, 1.82) is 0 Å². The summed E-state index contributed by atoms with van der Waals surface area (Å²) in [6.45, 7) is 13.9. The number of aromatic hydroxyl groups is 1. The van der Waals surface area contributed by atoms with Crippen molar-refractivity contribution in [2.45, 2.75) is 95.2 Å². The lowest BCUT2D eigenvalue weighted by Gasteiger charge is -2.59. The maximum atomic E-state index is 14.4. The van der Waals surface area contributed by atoms with E-state index in [1.165, 1.54) is 13.2 Å². The predicted molar refractivity (Wildman–Crippen MR) is 132 cm³/mol. The highest BCUT2D eigenvalue weighted by atomic mass is 16.6. The normalized spacial score (nSPS) is 37.9. The number of rotatable bonds is 3. The van der Waals surface area contributed by atoms with Crippen LogP contribution in [0.5, 0.6) is 17.2 Å². The largest absolute Gasteiger partial charge is 0.507 e. The first-order valence-electron chi connectivity index (χ1n) is 12.7. The average molecular weight is 495 g/mol. The zero-order valence-corrected chi connectivity index (χ0v) is 22.2. The number of hydrogen-bond acceptors (Lipinski definition) is 7. The molecule has 1 N–H and O–H groups in total. The van der Waals surface area contributed by atoms with Crippen LogP contribution in [0.3, 0.4) is 0 Å². The predicted octanol–water partition coefficient (Wildman–Crippen LogP) is 4.58. The third-order valence-corrected chi connectivity index (χ3v) is 9.49. The monoisotopic (exact) mass is 494 g/mol. The number of fused-ring (bicyclic) bond motifs is 3. The maximum Gasteiger partial charge on any atom is 0.205 e. The number of carbonyl (C=O) groups is 2. The summed E-state index contributed by atoms with van der Waals surface area (Å²) in [7, 11) is 1.50. The lowest BCUT2D eigenvalue weighted by molar-refractivity contribution is -0.190. The minimum absolute atomic E-state index is 0.109. The molecule has 3 aliphatic carbocycles. The van der Waals surface area contributed by atoms with Crippen molar-refractivity contribution in [3.05, 3.63) is 40.5 Å². The molecular weight excluding hydrogens is 460 g/mol. The molecule has 0 radical (unpaired) electrons. The number of methoxy groups -OCH3 is 1. The molecule has 7 heteroatoms. The topological polar surface area (TPSA) is 91.3 Å². The maximum absolute atomic E-state index is 14.4. The van der Waals surface area contributed by atoms with Crippen LogP contribution in [0.4, 0.5) is 0 Å². The molecule has 2 fully saturated rings. The second-order valence-electron chi connectivity index (χ2n) is 12.4. The molecule has 3 heterocycles. The molecular formula is C29H34O7. The Hall–Kier alpha value is -2.64. The third kappa shape index (κ3) is 2.37. The molecule has 0 aromatic heterocycles. The Labute approximate surface area is 211 Å². The number of allylic oxidation sites excluding steroid dienone is 1. The quantitative estimate of drug-likeness (QED) is 0.615. The standard InChI is InChI=1S/C29H34O7/c1-14(2)9-10-28-24(32)27(33-8)12-16-22(31)20-17(30)11-18-21(25(4,5)15(3)34-18)23(20)35-29(16,28)19(13-27)26(6,7)36-28/h9,11-12,15,19,30H,10,13H2,1-8H3/t15-,19+,27-,28-,29+/m1/s1. The summed E-state index contributed by atoms with van der Waals surface area (Å²) in [5.41, 5.74) is -3.17. The molecule has 7 rings (SSSR count). The van der Waals surface area contributed by atoms with Crippen molar-refractivity contribution in [3.8, 4) is 17.2 Å². The van der Waals surface area contributed by atoms with Gasteiger partial charge in [-0.1, -0.05) is 25.5 Å². The van der Waals surface area contributed by atoms with Crippen molar-refractivity contribution in [3.63, 3.8) is 0 Å². The number of ketones is 2. The van der Waals surface area contributed by atoms with E-state index in [0.717, 1.165) is 11.1 Å². The molecule has 1 aromatic carbocycles. The van der Waals surface area contributed by atoms with Gasteiger partial charge in [-0.25, -0.2) is 0 Å². The first-order valence-corrected chi connectivity index (χ1v) is 12.7. The summed E-state index contributed by atoms with van der Waals surface area (Å²) in [6.07, 6.45) is 4.00. The molecule has 5 atom stereocenters. The summed E-state index contributed by atoms with van der Waals surface area (Å²) in [6, 6.07) is 1.51. The Bertz CT molecular complexity index is 1310. The summed E-state index contributed by atoms with van der Waals surface area (Å²) >= 11 is 0. The fraction of sp³-hybridized carbons (Fsp3) is 0.586. The van der Waals surface area contributed by atoms with Crippen LogP contribution in [-0.2, 0) is 19.7 Å². The molecule has 6 aliphatic rings. The van der Waals surface area contributed by atoms with Gasteiger partial charge in [0, 0.05) is 42.1 Å². The van der Waals surface area contributed by atoms with E-state index in [9.17, 15) is 14.7 Å². The Morgan fingerprint density at radius 1 is 1.22 bits per heavy atom. The summed E-state index contributed by atoms with van der Waals surface area (Å²) in [5.74, 6) is -0.319. The Balaban J connectivity index is 1.71. The lowest BCUT2D eigenvalue weighted by atomic mass is 9.49. The molecule has 3 aliphatic heterocycles. The van der Waals surface area contributed by atoms with Crippen LogP contribution in [0.25, 0.3) is 0 Å². The van der Waals surface area contributed by atoms with E-state index in [2.05, 4.69) is 0 Å². The van der Waals surface area contributed by atoms with Crippen molar-refractivity contribution >= 4 is 11.6 Å². The molecule has 4 bridgehead atoms. The first kappa shape index (κ1) is 23.7. The highest BCUT2D eigenvalue weighted by molar-refractivity contribution is 6.19. The van der Waals surface area contributed by atoms with E-state index >= 15 is 0 Å². The molecule has 0 amide bonds. The van der Waals surface area contributed by atoms with Gasteiger partial charge in [0.15, 0.2) is 17.0 Å². The van der Waals surface area contributed by atoms with Crippen molar-refractivity contribution in [1.82, 2.24) is 0 Å². The van der Waals surface area contributed by atoms with Crippen LogP contribution in [0.2, 0.25) is 0 Å². The van der Waals surface area contributed by atoms with Crippen LogP contribution in [0, 0.1) is 5.92 Å². The Kier molecular flexibility index (Phi) is 4.36. The van der Waals surface area contributed by atoms with E-state index in [1.54, 1.807) is 6.08 Å². The Morgan fingerprint density at radius 2 is 1.92 bits per heavy atom. The van der Waals surface area contributed by atoms with Crippen LogP contribution in [0.15, 0.2) is 29.4 Å². The van der Waals surface area contributed by atoms with Gasteiger partial charge in [-0.2, -0.15) is 0 Å². The molecule has 36 heavy (non-hydrogen) atoms. The SMILES string of the molecule is CO[C@]12C=C3C(=O)c4c(O)cc5c(c4O[C@]34[C@@H](C1)C(C)(C)O[C@]4(CC=C(C)C)C2=O)C(C)(C)[C@@H](C)O5. The van der Waals surface area contributed by atoms with Gasteiger partial charge >= 0.3 is 0 Å². The van der Waals surface area contributed by atoms with Crippen LogP contribution in [-0.4, -0.2) is 52.3 Å². The van der Waals surface area contributed by atoms with Gasteiger partial charge in [-0.05, 0) is 47.1 Å². The van der Waals surface area contributed by atoms with E-state index < -0.39 is 27.8 Å². The number of phenols is 1. The summed E-state index contributed by atoms with van der Waals surface area (Å²) in [5, 5.41) is 11.0. The van der Waals surface area contributed by atoms with E-state index in [1.807, 2.05) is 54.5 Å². The number of carbonyl (C=O) groups excluding carboxylic acids is 2. The number of ether oxygens (including phenoxy) is 4. The van der Waals surface area contributed by atoms with Gasteiger partial charge in [0.25, 0.3) is 0 Å². The lowest BCUT2D eigenvalue weighted by Crippen LogP contribution is -2.77. The second-order valence-corrected chi connectivity index (χ2v) is 12.4. The number of Topliss-reactive ketones (excluding diaryl/α,β-unsaturated/α-hetero) is 2. The summed E-state index contributed by atoms with van der Waals surface area (Å²) in [4.78, 5) is 28.7. The number of benzene rings is 1. The minimum atomic E-state index is -1.46. The minimum Gasteiger partial charge on any atom is -0.507 e. The molecule has 1 spiro atoms. The van der Waals surface area contributed by atoms with Gasteiger partial charge in [0.1, 0.15) is 34.5 Å². The molecule has 192 valence electrons. The van der Waals surface area contributed by atoms with Crippen molar-refractivity contribution in [2.24, 2.45) is 5.92 Å². The molecule has 7 nitrogen and oxygen atoms in total. The van der Waals surface area contributed by atoms with Crippen molar-refractivity contribution < 1.29 is 33.6 Å². The zero-order valence-electron chi connectivity index (χ0n) is 22.2. The highest BCUT2D eigenvalue weighted by Crippen LogP contribution is 2.70. The second kappa shape index (κ2) is 6.62. The van der Waals surface area contributed by atoms with Gasteiger partial charge < -0.3 is 24.1 Å². The van der Waals surface area contributed by atoms with Gasteiger partial charge in [-0.15, -0.1) is 0 Å². The van der Waals surface area contributed by atoms with Crippen molar-refractivity contribution in [2.75, 3.05) is 7.11 Å². The molecule has 0 unspecified atom stereocenters. The van der Waals surface area contributed by atoms with Crippen LogP contribution < -0.4 is 9.47 Å². The number of hydrogen-bond donors (Lipinski definition) is 1.